The number of carbonyl (C=O) groups is 2. The Labute approximate surface area is 122 Å². The lowest BCUT2D eigenvalue weighted by Gasteiger charge is -2.05. The van der Waals surface area contributed by atoms with Crippen molar-refractivity contribution in [3.63, 3.8) is 0 Å². The second-order valence-corrected chi connectivity index (χ2v) is 4.46. The predicted octanol–water partition coefficient (Wildman–Crippen LogP) is 1.84. The van der Waals surface area contributed by atoms with Gasteiger partial charge in [0.2, 0.25) is 6.79 Å². The van der Waals surface area contributed by atoms with Gasteiger partial charge in [0, 0.05) is 6.42 Å². The molecule has 6 nitrogen and oxygen atoms in total. The second-order valence-electron chi connectivity index (χ2n) is 4.46. The third-order valence-electron chi connectivity index (χ3n) is 2.93. The zero-order valence-corrected chi connectivity index (χ0v) is 11.9. The highest BCUT2D eigenvalue weighted by Crippen LogP contribution is 2.32. The first-order valence-electron chi connectivity index (χ1n) is 6.89. The molecule has 0 N–H and O–H groups in total. The number of benzene rings is 1. The number of fused-ring (bicyclic) bond motifs is 1. The Morgan fingerprint density at radius 3 is 2.67 bits per heavy atom. The minimum atomic E-state index is -0.360. The van der Waals surface area contributed by atoms with Crippen molar-refractivity contribution in [3.8, 4) is 11.5 Å². The third-order valence-corrected chi connectivity index (χ3v) is 2.93. The maximum atomic E-state index is 11.6. The van der Waals surface area contributed by atoms with Gasteiger partial charge in [0.05, 0.1) is 13.0 Å². The van der Waals surface area contributed by atoms with Crippen LogP contribution < -0.4 is 9.47 Å². The van der Waals surface area contributed by atoms with E-state index in [9.17, 15) is 9.59 Å². The largest absolute Gasteiger partial charge is 0.466 e. The molecule has 1 aliphatic rings. The van der Waals surface area contributed by atoms with Gasteiger partial charge in [-0.15, -0.1) is 0 Å². The summed E-state index contributed by atoms with van der Waals surface area (Å²) < 4.78 is 20.2. The van der Waals surface area contributed by atoms with Crippen molar-refractivity contribution in [1.29, 1.82) is 0 Å². The maximum Gasteiger partial charge on any atom is 0.309 e. The molecule has 2 rings (SSSR count). The maximum absolute atomic E-state index is 11.6. The van der Waals surface area contributed by atoms with Crippen LogP contribution in [0.3, 0.4) is 0 Å². The van der Waals surface area contributed by atoms with Crippen LogP contribution in [0.15, 0.2) is 18.2 Å². The first-order chi connectivity index (χ1) is 10.2. The van der Waals surface area contributed by atoms with Crippen LogP contribution in [0.4, 0.5) is 0 Å². The molecule has 1 aliphatic heterocycles. The molecule has 0 amide bonds. The van der Waals surface area contributed by atoms with E-state index in [4.69, 9.17) is 18.9 Å². The van der Waals surface area contributed by atoms with Crippen molar-refractivity contribution in [1.82, 2.24) is 0 Å². The van der Waals surface area contributed by atoms with Gasteiger partial charge in [-0.25, -0.2) is 0 Å². The van der Waals surface area contributed by atoms with E-state index in [0.29, 0.717) is 18.8 Å². The Hall–Kier alpha value is -2.24. The molecule has 1 heterocycles. The molecule has 0 unspecified atom stereocenters. The van der Waals surface area contributed by atoms with Crippen LogP contribution in [0.1, 0.15) is 25.3 Å². The molecule has 1 aromatic rings. The number of aryl methyl sites for hydroxylation is 1. The van der Waals surface area contributed by atoms with Crippen LogP contribution in [-0.4, -0.2) is 31.9 Å². The molecule has 1 aromatic carbocycles. The molecular formula is C15H18O6. The van der Waals surface area contributed by atoms with Gasteiger partial charge in [-0.1, -0.05) is 6.07 Å². The van der Waals surface area contributed by atoms with Crippen LogP contribution in [-0.2, 0) is 25.5 Å². The highest BCUT2D eigenvalue weighted by Gasteiger charge is 2.14. The number of rotatable bonds is 7. The summed E-state index contributed by atoms with van der Waals surface area (Å²) >= 11 is 0. The van der Waals surface area contributed by atoms with Crippen LogP contribution in [0, 0.1) is 0 Å². The fourth-order valence-electron chi connectivity index (χ4n) is 1.90. The van der Waals surface area contributed by atoms with Crippen molar-refractivity contribution in [2.24, 2.45) is 0 Å². The summed E-state index contributed by atoms with van der Waals surface area (Å²) in [5.74, 6) is 0.719. The van der Waals surface area contributed by atoms with E-state index in [0.717, 1.165) is 11.3 Å². The quantitative estimate of drug-likeness (QED) is 0.715. The van der Waals surface area contributed by atoms with Crippen LogP contribution >= 0.6 is 0 Å². The van der Waals surface area contributed by atoms with E-state index < -0.39 is 0 Å². The van der Waals surface area contributed by atoms with Gasteiger partial charge in [0.15, 0.2) is 11.5 Å². The van der Waals surface area contributed by atoms with Crippen molar-refractivity contribution in [2.75, 3.05) is 20.0 Å². The van der Waals surface area contributed by atoms with E-state index in [1.165, 1.54) is 0 Å². The van der Waals surface area contributed by atoms with Crippen molar-refractivity contribution in [3.05, 3.63) is 23.8 Å². The molecule has 6 heteroatoms. The van der Waals surface area contributed by atoms with Gasteiger partial charge in [-0.05, 0) is 31.0 Å². The molecule has 0 fully saturated rings. The smallest absolute Gasteiger partial charge is 0.309 e. The number of esters is 2. The fourth-order valence-corrected chi connectivity index (χ4v) is 1.90. The number of ether oxygens (including phenoxy) is 4. The van der Waals surface area contributed by atoms with Crippen LogP contribution in [0.5, 0.6) is 11.5 Å². The SMILES string of the molecule is CCOC(=O)CCOC(=O)CCc1ccc2c(c1)OCO2. The van der Waals surface area contributed by atoms with E-state index >= 15 is 0 Å². The van der Waals surface area contributed by atoms with E-state index in [1.807, 2.05) is 18.2 Å². The van der Waals surface area contributed by atoms with Crippen LogP contribution in [0.25, 0.3) is 0 Å². The Kier molecular flexibility index (Phi) is 5.43. The van der Waals surface area contributed by atoms with Gasteiger partial charge in [-0.3, -0.25) is 9.59 Å². The van der Waals surface area contributed by atoms with Gasteiger partial charge < -0.3 is 18.9 Å². The highest BCUT2D eigenvalue weighted by atomic mass is 16.7. The molecule has 0 aromatic heterocycles. The third kappa shape index (κ3) is 4.66. The number of hydrogen-bond acceptors (Lipinski definition) is 6. The first-order valence-corrected chi connectivity index (χ1v) is 6.89. The summed E-state index contributed by atoms with van der Waals surface area (Å²) in [7, 11) is 0. The molecule has 0 bridgehead atoms. The topological polar surface area (TPSA) is 71.1 Å². The summed E-state index contributed by atoms with van der Waals surface area (Å²) in [6.45, 7) is 2.35. The molecule has 0 radical (unpaired) electrons. The summed E-state index contributed by atoms with van der Waals surface area (Å²) in [5.41, 5.74) is 0.974. The van der Waals surface area contributed by atoms with Gasteiger partial charge in [0.25, 0.3) is 0 Å². The Bertz CT molecular complexity index is 511. The Balaban J connectivity index is 1.68. The lowest BCUT2D eigenvalue weighted by Crippen LogP contribution is -2.12. The van der Waals surface area contributed by atoms with E-state index in [2.05, 4.69) is 0 Å². The minimum absolute atomic E-state index is 0.0544. The highest BCUT2D eigenvalue weighted by molar-refractivity contribution is 5.72. The fraction of sp³-hybridized carbons (Fsp3) is 0.467. The molecule has 114 valence electrons. The van der Waals surface area contributed by atoms with Gasteiger partial charge >= 0.3 is 11.9 Å². The monoisotopic (exact) mass is 294 g/mol. The van der Waals surface area contributed by atoms with Gasteiger partial charge in [-0.2, -0.15) is 0 Å². The van der Waals surface area contributed by atoms with Crippen molar-refractivity contribution < 1.29 is 28.5 Å². The van der Waals surface area contributed by atoms with Gasteiger partial charge in [0.1, 0.15) is 6.61 Å². The normalized spacial score (nSPS) is 12.0. The van der Waals surface area contributed by atoms with Crippen molar-refractivity contribution in [2.45, 2.75) is 26.2 Å². The molecule has 0 spiro atoms. The first kappa shape index (κ1) is 15.2. The molecule has 0 aliphatic carbocycles. The molecule has 0 atom stereocenters. The summed E-state index contributed by atoms with van der Waals surface area (Å²) in [6, 6.07) is 5.57. The summed E-state index contributed by atoms with van der Waals surface area (Å²) in [6.07, 6.45) is 0.890. The summed E-state index contributed by atoms with van der Waals surface area (Å²) in [4.78, 5) is 22.6. The van der Waals surface area contributed by atoms with Crippen molar-refractivity contribution >= 4 is 11.9 Å². The zero-order chi connectivity index (χ0) is 15.1. The Morgan fingerprint density at radius 1 is 1.10 bits per heavy atom. The lowest BCUT2D eigenvalue weighted by molar-refractivity contribution is -0.149. The summed E-state index contributed by atoms with van der Waals surface area (Å²) in [5, 5.41) is 0. The van der Waals surface area contributed by atoms with Crippen LogP contribution in [0.2, 0.25) is 0 Å². The van der Waals surface area contributed by atoms with E-state index in [-0.39, 0.29) is 38.2 Å². The number of hydrogen-bond donors (Lipinski definition) is 0. The average molecular weight is 294 g/mol. The van der Waals surface area contributed by atoms with E-state index in [1.54, 1.807) is 6.92 Å². The molecule has 0 saturated heterocycles. The average Bonchev–Trinajstić information content (AvgIpc) is 2.93. The standard InChI is InChI=1S/C15H18O6/c1-2-18-15(17)7-8-19-14(16)6-4-11-3-5-12-13(9-11)21-10-20-12/h3,5,9H,2,4,6-8,10H2,1H3. The second kappa shape index (κ2) is 7.52. The Morgan fingerprint density at radius 2 is 1.86 bits per heavy atom. The molecule has 0 saturated carbocycles. The molecule has 21 heavy (non-hydrogen) atoms. The molecular weight excluding hydrogens is 276 g/mol. The zero-order valence-electron chi connectivity index (χ0n) is 11.9. The predicted molar refractivity (Wildman–Crippen MR) is 73.1 cm³/mol. The lowest BCUT2D eigenvalue weighted by atomic mass is 10.1. The number of carbonyl (C=O) groups excluding carboxylic acids is 2. The minimum Gasteiger partial charge on any atom is -0.466 e.